The first-order valence-electron chi connectivity index (χ1n) is 20.1. The summed E-state index contributed by atoms with van der Waals surface area (Å²) in [5, 5.41) is 6.44. The average Bonchev–Trinajstić information content (AvgIpc) is 3.80. The minimum atomic E-state index is 0.872. The Balaban J connectivity index is 1.10. The zero-order valence-corrected chi connectivity index (χ0v) is 31.7. The molecule has 0 bridgehead atoms. The molecule has 0 radical (unpaired) electrons. The highest BCUT2D eigenvalue weighted by Crippen LogP contribution is 2.43. The number of aromatic nitrogens is 4. The molecule has 12 rings (SSSR count). The number of nitrogens with zero attached hydrogens (tertiary/aromatic N) is 4. The first kappa shape index (κ1) is 32.7. The van der Waals surface area contributed by atoms with Crippen LogP contribution in [0.2, 0.25) is 0 Å². The fourth-order valence-corrected chi connectivity index (χ4v) is 9.36. The number of rotatable bonds is 5. The number of aryl methyl sites for hydroxylation is 1. The van der Waals surface area contributed by atoms with E-state index in [1.165, 1.54) is 54.7 Å². The van der Waals surface area contributed by atoms with E-state index in [9.17, 15) is 0 Å². The molecule has 0 N–H and O–H groups in total. The van der Waals surface area contributed by atoms with Crippen LogP contribution in [0.15, 0.2) is 188 Å². The van der Waals surface area contributed by atoms with Gasteiger partial charge in [-0.2, -0.15) is 0 Å². The first-order chi connectivity index (χ1) is 28.8. The molecule has 1 aliphatic carbocycles. The van der Waals surface area contributed by atoms with Gasteiger partial charge in [0.25, 0.3) is 0 Å². The lowest BCUT2D eigenvalue weighted by atomic mass is 9.98. The van der Waals surface area contributed by atoms with Crippen LogP contribution in [0.1, 0.15) is 17.7 Å². The summed E-state index contributed by atoms with van der Waals surface area (Å²) in [6.45, 7) is 0. The summed E-state index contributed by atoms with van der Waals surface area (Å²) in [6.07, 6.45) is 6.69. The standard InChI is InChI=1S/C54H36N4/c1-4-17-36(18-5-1)52-53(37-19-6-2-7-20-37)56-54-42(27-15-28-46(54)55-52)38-21-14-24-40(32-38)58-47-29-13-12-26-43(47)44-33-45-50(34-49(44)58)57(39-22-8-3-9-23-39)48-31-30-35-16-10-11-25-41(35)51(45)48/h1-11,13-25,27-34H,12,26H2. The van der Waals surface area contributed by atoms with Gasteiger partial charge in [-0.05, 0) is 89.3 Å². The van der Waals surface area contributed by atoms with Gasteiger partial charge in [-0.3, -0.25) is 0 Å². The van der Waals surface area contributed by atoms with Crippen LogP contribution in [0.25, 0.3) is 106 Å². The van der Waals surface area contributed by atoms with Crippen molar-refractivity contribution in [3.8, 4) is 45.0 Å². The molecule has 0 saturated carbocycles. The molecule has 3 heterocycles. The van der Waals surface area contributed by atoms with Gasteiger partial charge < -0.3 is 9.13 Å². The summed E-state index contributed by atoms with van der Waals surface area (Å²) in [6, 6.07) is 65.2. The molecule has 58 heavy (non-hydrogen) atoms. The molecule has 3 aromatic heterocycles. The number of hydrogen-bond acceptors (Lipinski definition) is 2. The predicted molar refractivity (Wildman–Crippen MR) is 242 cm³/mol. The van der Waals surface area contributed by atoms with Crippen LogP contribution in [0, 0.1) is 0 Å². The van der Waals surface area contributed by atoms with Gasteiger partial charge in [0.15, 0.2) is 0 Å². The van der Waals surface area contributed by atoms with Gasteiger partial charge in [-0.15, -0.1) is 0 Å². The summed E-state index contributed by atoms with van der Waals surface area (Å²) < 4.78 is 4.93. The molecule has 0 unspecified atom stereocenters. The van der Waals surface area contributed by atoms with E-state index in [0.717, 1.165) is 68.9 Å². The van der Waals surface area contributed by atoms with Crippen molar-refractivity contribution in [2.75, 3.05) is 0 Å². The van der Waals surface area contributed by atoms with E-state index in [-0.39, 0.29) is 0 Å². The van der Waals surface area contributed by atoms with Crippen molar-refractivity contribution in [3.05, 3.63) is 199 Å². The Bertz CT molecular complexity index is 3430. The second-order valence-electron chi connectivity index (χ2n) is 15.3. The zero-order chi connectivity index (χ0) is 38.2. The average molecular weight is 741 g/mol. The summed E-state index contributed by atoms with van der Waals surface area (Å²) in [4.78, 5) is 10.7. The molecule has 8 aromatic carbocycles. The van der Waals surface area contributed by atoms with Crippen LogP contribution in [0.3, 0.4) is 0 Å². The van der Waals surface area contributed by atoms with Crippen molar-refractivity contribution in [1.82, 2.24) is 19.1 Å². The Labute approximate surface area is 335 Å². The molecule has 4 heteroatoms. The summed E-state index contributed by atoms with van der Waals surface area (Å²) >= 11 is 0. The third-order valence-corrected chi connectivity index (χ3v) is 11.9. The van der Waals surface area contributed by atoms with Crippen LogP contribution in [-0.2, 0) is 6.42 Å². The molecule has 0 aliphatic heterocycles. The van der Waals surface area contributed by atoms with Crippen LogP contribution in [-0.4, -0.2) is 19.1 Å². The summed E-state index contributed by atoms with van der Waals surface area (Å²) in [5.41, 5.74) is 16.3. The lowest BCUT2D eigenvalue weighted by Crippen LogP contribution is -2.01. The fourth-order valence-electron chi connectivity index (χ4n) is 9.36. The molecule has 0 fully saturated rings. The number of benzene rings is 8. The van der Waals surface area contributed by atoms with Crippen LogP contribution >= 0.6 is 0 Å². The number of allylic oxidation sites excluding steroid dienone is 1. The van der Waals surface area contributed by atoms with Gasteiger partial charge in [0.05, 0.1) is 39.0 Å². The van der Waals surface area contributed by atoms with Gasteiger partial charge in [-0.25, -0.2) is 9.97 Å². The number of hydrogen-bond donors (Lipinski definition) is 0. The van der Waals surface area contributed by atoms with Crippen molar-refractivity contribution in [2.45, 2.75) is 12.8 Å². The van der Waals surface area contributed by atoms with Crippen LogP contribution < -0.4 is 0 Å². The second-order valence-corrected chi connectivity index (χ2v) is 15.3. The van der Waals surface area contributed by atoms with Crippen molar-refractivity contribution in [2.24, 2.45) is 0 Å². The van der Waals surface area contributed by atoms with Gasteiger partial charge in [0.2, 0.25) is 0 Å². The Morgan fingerprint density at radius 1 is 0.448 bits per heavy atom. The maximum atomic E-state index is 5.44. The van der Waals surface area contributed by atoms with Crippen LogP contribution in [0.5, 0.6) is 0 Å². The highest BCUT2D eigenvalue weighted by molar-refractivity contribution is 6.23. The highest BCUT2D eigenvalue weighted by Gasteiger charge is 2.23. The Kier molecular flexibility index (Phi) is 7.32. The predicted octanol–water partition coefficient (Wildman–Crippen LogP) is 13.8. The maximum absolute atomic E-state index is 5.44. The molecule has 0 atom stereocenters. The van der Waals surface area contributed by atoms with Gasteiger partial charge >= 0.3 is 0 Å². The molecule has 11 aromatic rings. The second kappa shape index (κ2) is 13.0. The molecule has 0 spiro atoms. The van der Waals surface area contributed by atoms with Crippen molar-refractivity contribution < 1.29 is 0 Å². The SMILES string of the molecule is C1=Cc2c(c3cc4c5c6ccccc6ccc5n(-c5ccccc5)c4cc3n2-c2cccc(-c3cccc4nc(-c5ccccc5)c(-c5ccccc5)nc34)c2)CC1. The summed E-state index contributed by atoms with van der Waals surface area (Å²) in [5.74, 6) is 0. The van der Waals surface area contributed by atoms with E-state index < -0.39 is 0 Å². The van der Waals surface area contributed by atoms with E-state index in [0.29, 0.717) is 0 Å². The quantitative estimate of drug-likeness (QED) is 0.176. The van der Waals surface area contributed by atoms with E-state index in [4.69, 9.17) is 9.97 Å². The molecule has 0 saturated heterocycles. The molecule has 4 nitrogen and oxygen atoms in total. The van der Waals surface area contributed by atoms with Crippen molar-refractivity contribution >= 4 is 60.6 Å². The minimum Gasteiger partial charge on any atom is -0.309 e. The van der Waals surface area contributed by atoms with Crippen molar-refractivity contribution in [1.29, 1.82) is 0 Å². The van der Waals surface area contributed by atoms with Gasteiger partial charge in [0.1, 0.15) is 0 Å². The largest absolute Gasteiger partial charge is 0.309 e. The Morgan fingerprint density at radius 2 is 1.12 bits per heavy atom. The monoisotopic (exact) mass is 740 g/mol. The summed E-state index contributed by atoms with van der Waals surface area (Å²) in [7, 11) is 0. The van der Waals surface area contributed by atoms with E-state index in [2.05, 4.69) is 191 Å². The normalized spacial score (nSPS) is 12.6. The van der Waals surface area contributed by atoms with Gasteiger partial charge in [-0.1, -0.05) is 140 Å². The molecule has 272 valence electrons. The first-order valence-corrected chi connectivity index (χ1v) is 20.1. The molecular formula is C54H36N4. The van der Waals surface area contributed by atoms with Gasteiger partial charge in [0, 0.05) is 49.9 Å². The maximum Gasteiger partial charge on any atom is 0.0973 e. The van der Waals surface area contributed by atoms with E-state index in [1.54, 1.807) is 0 Å². The number of para-hydroxylation sites is 2. The van der Waals surface area contributed by atoms with E-state index >= 15 is 0 Å². The smallest absolute Gasteiger partial charge is 0.0973 e. The van der Waals surface area contributed by atoms with E-state index in [1.807, 2.05) is 12.1 Å². The number of fused-ring (bicyclic) bond motifs is 9. The Morgan fingerprint density at radius 3 is 1.93 bits per heavy atom. The highest BCUT2D eigenvalue weighted by atomic mass is 15.0. The lowest BCUT2D eigenvalue weighted by molar-refractivity contribution is 0.968. The van der Waals surface area contributed by atoms with Crippen molar-refractivity contribution in [3.63, 3.8) is 0 Å². The fraction of sp³-hybridized carbons (Fsp3) is 0.0370. The lowest BCUT2D eigenvalue weighted by Gasteiger charge is -2.15. The zero-order valence-electron chi connectivity index (χ0n) is 31.7. The third-order valence-electron chi connectivity index (χ3n) is 11.9. The third kappa shape index (κ3) is 5.01. The topological polar surface area (TPSA) is 35.6 Å². The Hall–Kier alpha value is -7.56. The molecule has 1 aliphatic rings. The molecular weight excluding hydrogens is 705 g/mol. The molecule has 0 amide bonds. The minimum absolute atomic E-state index is 0.872. The van der Waals surface area contributed by atoms with Crippen LogP contribution in [0.4, 0.5) is 0 Å².